The van der Waals surface area contributed by atoms with Gasteiger partial charge in [-0.1, -0.05) is 18.2 Å². The van der Waals surface area contributed by atoms with Gasteiger partial charge in [0.25, 0.3) is 5.91 Å². The van der Waals surface area contributed by atoms with E-state index in [1.807, 2.05) is 24.3 Å². The van der Waals surface area contributed by atoms with Crippen LogP contribution >= 0.6 is 0 Å². The highest BCUT2D eigenvalue weighted by molar-refractivity contribution is 6.05. The molecule has 1 atom stereocenters. The predicted octanol–water partition coefficient (Wildman–Crippen LogP) is 3.47. The summed E-state index contributed by atoms with van der Waals surface area (Å²) < 4.78 is 5.48. The van der Waals surface area contributed by atoms with E-state index in [1.54, 1.807) is 24.3 Å². The third kappa shape index (κ3) is 3.79. The third-order valence-corrected chi connectivity index (χ3v) is 5.39. The van der Waals surface area contributed by atoms with Crippen LogP contribution in [0.25, 0.3) is 21.9 Å². The van der Waals surface area contributed by atoms with E-state index in [0.717, 1.165) is 24.1 Å². The molecule has 4 aromatic rings. The summed E-state index contributed by atoms with van der Waals surface area (Å²) in [6.07, 6.45) is 1.12. The molecule has 0 radical (unpaired) electrons. The zero-order valence-electron chi connectivity index (χ0n) is 16.8. The van der Waals surface area contributed by atoms with Gasteiger partial charge < -0.3 is 20.0 Å². The molecular formula is C23H20N4O4. The highest BCUT2D eigenvalue weighted by Crippen LogP contribution is 2.40. The van der Waals surface area contributed by atoms with Crippen molar-refractivity contribution in [1.82, 2.24) is 15.0 Å². The number of nitrogens with zero attached hydrogens (tertiary/aromatic N) is 1. The molecule has 2 aromatic carbocycles. The van der Waals surface area contributed by atoms with Crippen LogP contribution in [-0.2, 0) is 9.53 Å². The fraction of sp³-hybridized carbons (Fsp3) is 0.217. The number of benzene rings is 2. The van der Waals surface area contributed by atoms with Crippen molar-refractivity contribution in [3.05, 3.63) is 70.3 Å². The van der Waals surface area contributed by atoms with E-state index in [1.165, 1.54) is 6.92 Å². The van der Waals surface area contributed by atoms with Gasteiger partial charge in [-0.15, -0.1) is 0 Å². The Morgan fingerprint density at radius 2 is 1.87 bits per heavy atom. The first-order chi connectivity index (χ1) is 15.0. The summed E-state index contributed by atoms with van der Waals surface area (Å²) in [5, 5.41) is 3.41. The van der Waals surface area contributed by atoms with Crippen molar-refractivity contribution in [2.75, 3.05) is 5.32 Å². The van der Waals surface area contributed by atoms with Gasteiger partial charge in [0, 0.05) is 22.7 Å². The molecule has 31 heavy (non-hydrogen) atoms. The predicted molar refractivity (Wildman–Crippen MR) is 116 cm³/mol. The zero-order chi connectivity index (χ0) is 21.5. The molecule has 0 saturated heterocycles. The molecule has 2 heterocycles. The third-order valence-electron chi connectivity index (χ3n) is 5.39. The van der Waals surface area contributed by atoms with Crippen LogP contribution in [-0.4, -0.2) is 32.9 Å². The number of fused-ring (bicyclic) bond motifs is 2. The Hall–Kier alpha value is -3.94. The number of aromatic nitrogens is 3. The lowest BCUT2D eigenvalue weighted by molar-refractivity contribution is -0.123. The molecule has 1 aliphatic carbocycles. The number of nitrogens with one attached hydrogen (secondary N) is 3. The summed E-state index contributed by atoms with van der Waals surface area (Å²) in [5.74, 6) is -0.647. The Labute approximate surface area is 176 Å². The van der Waals surface area contributed by atoms with Crippen LogP contribution in [0.4, 0.5) is 5.69 Å². The van der Waals surface area contributed by atoms with Gasteiger partial charge in [-0.25, -0.2) is 9.59 Å². The highest BCUT2D eigenvalue weighted by Gasteiger charge is 2.28. The van der Waals surface area contributed by atoms with E-state index in [9.17, 15) is 14.4 Å². The summed E-state index contributed by atoms with van der Waals surface area (Å²) in [4.78, 5) is 46.8. The minimum atomic E-state index is -1.01. The second kappa shape index (κ2) is 7.39. The first-order valence-corrected chi connectivity index (χ1v) is 10.1. The maximum absolute atomic E-state index is 12.9. The fourth-order valence-electron chi connectivity index (χ4n) is 3.58. The van der Waals surface area contributed by atoms with E-state index in [0.29, 0.717) is 33.6 Å². The largest absolute Gasteiger partial charge is 0.449 e. The van der Waals surface area contributed by atoms with E-state index in [-0.39, 0.29) is 5.69 Å². The highest BCUT2D eigenvalue weighted by atomic mass is 16.5. The molecule has 2 aromatic heterocycles. The number of rotatable bonds is 5. The van der Waals surface area contributed by atoms with Crippen LogP contribution in [0.15, 0.2) is 53.3 Å². The quantitative estimate of drug-likeness (QED) is 0.431. The summed E-state index contributed by atoms with van der Waals surface area (Å²) >= 11 is 0. The Balaban J connectivity index is 1.34. The first-order valence-electron chi connectivity index (χ1n) is 10.1. The number of para-hydroxylation sites is 1. The number of esters is 1. The number of hydrogen-bond donors (Lipinski definition) is 3. The number of imidazole rings is 1. The Kier molecular flexibility index (Phi) is 4.54. The van der Waals surface area contributed by atoms with Gasteiger partial charge >= 0.3 is 11.7 Å². The monoisotopic (exact) mass is 416 g/mol. The second-order valence-corrected chi connectivity index (χ2v) is 7.76. The van der Waals surface area contributed by atoms with Crippen LogP contribution < -0.4 is 11.0 Å². The minimum Gasteiger partial charge on any atom is -0.449 e. The lowest BCUT2D eigenvalue weighted by atomic mass is 10.1. The van der Waals surface area contributed by atoms with Crippen molar-refractivity contribution in [1.29, 1.82) is 0 Å². The number of anilines is 1. The molecule has 8 heteroatoms. The summed E-state index contributed by atoms with van der Waals surface area (Å²) in [6, 6.07) is 14.2. The van der Waals surface area contributed by atoms with Gasteiger partial charge in [0.2, 0.25) is 0 Å². The number of amides is 1. The number of carbonyl (C=O) groups is 2. The zero-order valence-corrected chi connectivity index (χ0v) is 16.8. The molecule has 156 valence electrons. The first kappa shape index (κ1) is 19.0. The van der Waals surface area contributed by atoms with Crippen molar-refractivity contribution < 1.29 is 14.3 Å². The normalized spacial score (nSPS) is 14.5. The van der Waals surface area contributed by atoms with Crippen molar-refractivity contribution in [2.24, 2.45) is 0 Å². The van der Waals surface area contributed by atoms with Crippen molar-refractivity contribution in [2.45, 2.75) is 31.8 Å². The van der Waals surface area contributed by atoms with Gasteiger partial charge in [-0.05, 0) is 50.1 Å². The second-order valence-electron chi connectivity index (χ2n) is 7.76. The molecule has 0 aliphatic heterocycles. The van der Waals surface area contributed by atoms with E-state index < -0.39 is 18.0 Å². The molecule has 1 fully saturated rings. The molecule has 0 spiro atoms. The molecule has 8 nitrogen and oxygen atoms in total. The molecule has 1 amide bonds. The molecule has 0 unspecified atom stereocenters. The van der Waals surface area contributed by atoms with E-state index in [2.05, 4.69) is 20.3 Å². The maximum atomic E-state index is 12.9. The maximum Gasteiger partial charge on any atom is 0.339 e. The topological polar surface area (TPSA) is 117 Å². The number of pyridine rings is 1. The van der Waals surface area contributed by atoms with Gasteiger partial charge in [-0.2, -0.15) is 0 Å². The minimum absolute atomic E-state index is 0.323. The van der Waals surface area contributed by atoms with Crippen LogP contribution in [0.3, 0.4) is 0 Å². The molecular weight excluding hydrogens is 396 g/mol. The van der Waals surface area contributed by atoms with Crippen molar-refractivity contribution in [3.8, 4) is 0 Å². The average Bonchev–Trinajstić information content (AvgIpc) is 3.54. The van der Waals surface area contributed by atoms with Gasteiger partial charge in [-0.3, -0.25) is 9.78 Å². The van der Waals surface area contributed by atoms with Gasteiger partial charge in [0.1, 0.15) is 0 Å². The number of carbonyl (C=O) groups excluding carboxylic acids is 2. The summed E-state index contributed by atoms with van der Waals surface area (Å²) in [7, 11) is 0. The Morgan fingerprint density at radius 1 is 1.10 bits per heavy atom. The van der Waals surface area contributed by atoms with Gasteiger partial charge in [0.15, 0.2) is 6.10 Å². The molecule has 0 bridgehead atoms. The van der Waals surface area contributed by atoms with Crippen LogP contribution in [0.5, 0.6) is 0 Å². The Bertz CT molecular complexity index is 1380. The van der Waals surface area contributed by atoms with E-state index >= 15 is 0 Å². The molecule has 1 aliphatic rings. The van der Waals surface area contributed by atoms with Crippen LogP contribution in [0, 0.1) is 0 Å². The lowest BCUT2D eigenvalue weighted by Crippen LogP contribution is -2.30. The fourth-order valence-corrected chi connectivity index (χ4v) is 3.58. The molecule has 1 saturated carbocycles. The van der Waals surface area contributed by atoms with Crippen molar-refractivity contribution in [3.63, 3.8) is 0 Å². The Morgan fingerprint density at radius 3 is 2.68 bits per heavy atom. The van der Waals surface area contributed by atoms with Crippen LogP contribution in [0.1, 0.15) is 41.7 Å². The smallest absolute Gasteiger partial charge is 0.339 e. The molecule has 5 rings (SSSR count). The lowest BCUT2D eigenvalue weighted by Gasteiger charge is -2.15. The van der Waals surface area contributed by atoms with E-state index in [4.69, 9.17) is 4.74 Å². The number of H-pyrrole nitrogens is 2. The number of ether oxygens (including phenoxy) is 1. The average molecular weight is 416 g/mol. The van der Waals surface area contributed by atoms with Gasteiger partial charge in [0.05, 0.1) is 22.1 Å². The van der Waals surface area contributed by atoms with Crippen LogP contribution in [0.2, 0.25) is 0 Å². The number of aromatic amines is 2. The van der Waals surface area contributed by atoms with Crippen molar-refractivity contribution >= 4 is 39.5 Å². The molecule has 3 N–H and O–H groups in total. The summed E-state index contributed by atoms with van der Waals surface area (Å²) in [5.41, 5.74) is 3.42. The number of hydrogen-bond acceptors (Lipinski definition) is 5. The SMILES string of the molecule is C[C@H](OC(=O)c1cc(C2CC2)nc2ccccc12)C(=O)Nc1ccc2[nH]c(=O)[nH]c2c1. The summed E-state index contributed by atoms with van der Waals surface area (Å²) in [6.45, 7) is 1.52. The standard InChI is InChI=1S/C23H20N4O4/c1-12(21(28)24-14-8-9-18-20(10-14)27-23(30)26-18)31-22(29)16-11-19(13-6-7-13)25-17-5-3-2-4-15(16)17/h2-5,8-13H,6-7H2,1H3,(H,24,28)(H2,26,27,30)/t12-/m0/s1.